The van der Waals surface area contributed by atoms with Gasteiger partial charge in [-0.25, -0.2) is 0 Å². The molecule has 19 heavy (non-hydrogen) atoms. The number of benzene rings is 1. The van der Waals surface area contributed by atoms with Crippen LogP contribution in [-0.2, 0) is 5.41 Å². The fraction of sp³-hybridized carbons (Fsp3) is 0.647. The molecule has 1 aliphatic rings. The Balaban J connectivity index is 2.10. The van der Waals surface area contributed by atoms with Crippen LogP contribution in [0.1, 0.15) is 46.1 Å². The molecule has 0 radical (unpaired) electrons. The summed E-state index contributed by atoms with van der Waals surface area (Å²) in [6.45, 7) is 10.6. The number of rotatable bonds is 6. The van der Waals surface area contributed by atoms with Gasteiger partial charge in [-0.1, -0.05) is 32.9 Å². The molecule has 0 spiro atoms. The average molecular weight is 261 g/mol. The Bertz CT molecular complexity index is 390. The van der Waals surface area contributed by atoms with E-state index < -0.39 is 0 Å². The lowest BCUT2D eigenvalue weighted by molar-refractivity contribution is 0.149. The maximum atomic E-state index is 5.53. The Kier molecular flexibility index (Phi) is 4.51. The molecule has 1 aromatic carbocycles. The highest BCUT2D eigenvalue weighted by atomic mass is 16.5. The molecule has 2 rings (SSSR count). The monoisotopic (exact) mass is 261 g/mol. The van der Waals surface area contributed by atoms with Gasteiger partial charge in [0.2, 0.25) is 0 Å². The summed E-state index contributed by atoms with van der Waals surface area (Å²) in [7, 11) is 0. The van der Waals surface area contributed by atoms with Gasteiger partial charge in [0.1, 0.15) is 5.75 Å². The molecule has 0 heterocycles. The highest BCUT2D eigenvalue weighted by Crippen LogP contribution is 2.47. The van der Waals surface area contributed by atoms with Crippen LogP contribution >= 0.6 is 0 Å². The first-order valence-corrected chi connectivity index (χ1v) is 7.52. The second-order valence-electron chi connectivity index (χ2n) is 6.29. The van der Waals surface area contributed by atoms with Crippen molar-refractivity contribution in [3.8, 4) is 5.75 Å². The summed E-state index contributed by atoms with van der Waals surface area (Å²) < 4.78 is 5.53. The van der Waals surface area contributed by atoms with Crippen LogP contribution < -0.4 is 10.1 Å². The van der Waals surface area contributed by atoms with Gasteiger partial charge in [0.05, 0.1) is 6.61 Å². The van der Waals surface area contributed by atoms with Crippen molar-refractivity contribution < 1.29 is 4.74 Å². The van der Waals surface area contributed by atoms with Crippen molar-refractivity contribution in [2.24, 2.45) is 5.92 Å². The first kappa shape index (κ1) is 14.4. The van der Waals surface area contributed by atoms with Gasteiger partial charge >= 0.3 is 0 Å². The average Bonchev–Trinajstić information content (AvgIpc) is 2.34. The molecule has 0 saturated heterocycles. The maximum Gasteiger partial charge on any atom is 0.119 e. The second-order valence-corrected chi connectivity index (χ2v) is 6.29. The summed E-state index contributed by atoms with van der Waals surface area (Å²) >= 11 is 0. The van der Waals surface area contributed by atoms with Crippen LogP contribution in [0, 0.1) is 5.92 Å². The Morgan fingerprint density at radius 3 is 2.37 bits per heavy atom. The van der Waals surface area contributed by atoms with E-state index in [9.17, 15) is 0 Å². The molecule has 0 unspecified atom stereocenters. The first-order chi connectivity index (χ1) is 9.05. The van der Waals surface area contributed by atoms with Gasteiger partial charge in [-0.15, -0.1) is 0 Å². The van der Waals surface area contributed by atoms with E-state index in [1.165, 1.54) is 18.4 Å². The maximum absolute atomic E-state index is 5.53. The SMILES string of the molecule is CCOc1ccc(C2(CNC(C)C)CC(C)C2)cc1. The Hall–Kier alpha value is -1.02. The molecule has 1 aromatic rings. The van der Waals surface area contributed by atoms with Gasteiger partial charge in [0.15, 0.2) is 0 Å². The predicted octanol–water partition coefficient (Wildman–Crippen LogP) is 3.75. The third-order valence-electron chi connectivity index (χ3n) is 4.10. The van der Waals surface area contributed by atoms with E-state index in [0.29, 0.717) is 11.5 Å². The van der Waals surface area contributed by atoms with E-state index in [-0.39, 0.29) is 0 Å². The normalized spacial score (nSPS) is 26.3. The number of hydrogen-bond donors (Lipinski definition) is 1. The molecule has 1 saturated carbocycles. The van der Waals surface area contributed by atoms with Crippen LogP contribution in [0.3, 0.4) is 0 Å². The summed E-state index contributed by atoms with van der Waals surface area (Å²) in [4.78, 5) is 0. The van der Waals surface area contributed by atoms with Crippen molar-refractivity contribution in [3.63, 3.8) is 0 Å². The molecule has 0 atom stereocenters. The topological polar surface area (TPSA) is 21.3 Å². The number of ether oxygens (including phenoxy) is 1. The van der Waals surface area contributed by atoms with Crippen molar-refractivity contribution in [2.45, 2.75) is 52.0 Å². The molecule has 1 N–H and O–H groups in total. The van der Waals surface area contributed by atoms with Gasteiger partial charge in [-0.2, -0.15) is 0 Å². The zero-order chi connectivity index (χ0) is 13.9. The Morgan fingerprint density at radius 2 is 1.89 bits per heavy atom. The fourth-order valence-corrected chi connectivity index (χ4v) is 3.23. The third kappa shape index (κ3) is 3.30. The first-order valence-electron chi connectivity index (χ1n) is 7.52. The molecule has 1 fully saturated rings. The summed E-state index contributed by atoms with van der Waals surface area (Å²) in [5.41, 5.74) is 1.80. The van der Waals surface area contributed by atoms with Crippen LogP contribution in [-0.4, -0.2) is 19.2 Å². The highest BCUT2D eigenvalue weighted by Gasteiger charge is 2.43. The van der Waals surface area contributed by atoms with Crippen molar-refractivity contribution in [1.82, 2.24) is 5.32 Å². The fourth-order valence-electron chi connectivity index (χ4n) is 3.23. The zero-order valence-electron chi connectivity index (χ0n) is 12.7. The summed E-state index contributed by atoms with van der Waals surface area (Å²) in [6.07, 6.45) is 2.58. The van der Waals surface area contributed by atoms with Crippen LogP contribution in [0.5, 0.6) is 5.75 Å². The number of nitrogens with one attached hydrogen (secondary N) is 1. The molecule has 2 nitrogen and oxygen atoms in total. The van der Waals surface area contributed by atoms with Crippen LogP contribution in [0.25, 0.3) is 0 Å². The summed E-state index contributed by atoms with van der Waals surface area (Å²) in [6, 6.07) is 9.27. The van der Waals surface area contributed by atoms with E-state index in [0.717, 1.165) is 24.8 Å². The van der Waals surface area contributed by atoms with Gasteiger partial charge in [0.25, 0.3) is 0 Å². The van der Waals surface area contributed by atoms with E-state index in [1.807, 2.05) is 6.92 Å². The molecule has 0 amide bonds. The lowest BCUT2D eigenvalue weighted by Gasteiger charge is -2.48. The van der Waals surface area contributed by atoms with Crippen molar-refractivity contribution in [1.29, 1.82) is 0 Å². The van der Waals surface area contributed by atoms with Crippen LogP contribution in [0.15, 0.2) is 24.3 Å². The third-order valence-corrected chi connectivity index (χ3v) is 4.10. The van der Waals surface area contributed by atoms with E-state index in [1.54, 1.807) is 0 Å². The second kappa shape index (κ2) is 5.96. The van der Waals surface area contributed by atoms with Crippen molar-refractivity contribution in [2.75, 3.05) is 13.2 Å². The van der Waals surface area contributed by atoms with E-state index >= 15 is 0 Å². The van der Waals surface area contributed by atoms with Crippen LogP contribution in [0.4, 0.5) is 0 Å². The van der Waals surface area contributed by atoms with Crippen molar-refractivity contribution >= 4 is 0 Å². The Labute approximate surface area is 117 Å². The summed E-state index contributed by atoms with van der Waals surface area (Å²) in [5, 5.41) is 3.62. The summed E-state index contributed by atoms with van der Waals surface area (Å²) in [5.74, 6) is 1.83. The molecular weight excluding hydrogens is 234 g/mol. The number of hydrogen-bond acceptors (Lipinski definition) is 2. The molecule has 0 bridgehead atoms. The van der Waals surface area contributed by atoms with Gasteiger partial charge < -0.3 is 10.1 Å². The minimum atomic E-state index is 0.342. The van der Waals surface area contributed by atoms with E-state index in [4.69, 9.17) is 4.74 Å². The van der Waals surface area contributed by atoms with Crippen LogP contribution in [0.2, 0.25) is 0 Å². The van der Waals surface area contributed by atoms with Gasteiger partial charge in [-0.05, 0) is 43.4 Å². The smallest absolute Gasteiger partial charge is 0.119 e. The lowest BCUT2D eigenvalue weighted by atomic mass is 9.59. The molecule has 1 aliphatic carbocycles. The largest absolute Gasteiger partial charge is 0.494 e. The minimum Gasteiger partial charge on any atom is -0.494 e. The predicted molar refractivity (Wildman–Crippen MR) is 80.8 cm³/mol. The lowest BCUT2D eigenvalue weighted by Crippen LogP contribution is -2.49. The molecule has 106 valence electrons. The molecular formula is C17H27NO. The molecule has 0 aromatic heterocycles. The quantitative estimate of drug-likeness (QED) is 0.842. The van der Waals surface area contributed by atoms with E-state index in [2.05, 4.69) is 50.4 Å². The minimum absolute atomic E-state index is 0.342. The van der Waals surface area contributed by atoms with Gasteiger partial charge in [-0.3, -0.25) is 0 Å². The van der Waals surface area contributed by atoms with Crippen molar-refractivity contribution in [3.05, 3.63) is 29.8 Å². The molecule has 2 heteroatoms. The van der Waals surface area contributed by atoms with Gasteiger partial charge in [0, 0.05) is 18.0 Å². The highest BCUT2D eigenvalue weighted by molar-refractivity contribution is 5.35. The zero-order valence-corrected chi connectivity index (χ0v) is 12.7. The molecule has 0 aliphatic heterocycles. The standard InChI is InChI=1S/C17H27NO/c1-5-19-16-8-6-15(7-9-16)17(10-14(4)11-17)12-18-13(2)3/h6-9,13-14,18H,5,10-12H2,1-4H3. The Morgan fingerprint density at radius 1 is 1.26 bits per heavy atom.